The van der Waals surface area contributed by atoms with Crippen molar-refractivity contribution in [1.29, 1.82) is 0 Å². The van der Waals surface area contributed by atoms with E-state index in [1.807, 2.05) is 30.3 Å². The number of nitrogens with zero attached hydrogens (tertiary/aromatic N) is 2. The summed E-state index contributed by atoms with van der Waals surface area (Å²) in [5.74, 6) is 0.835. The predicted octanol–water partition coefficient (Wildman–Crippen LogP) is 4.26. The van der Waals surface area contributed by atoms with Gasteiger partial charge < -0.3 is 9.47 Å². The van der Waals surface area contributed by atoms with Crippen LogP contribution < -0.4 is 14.2 Å². The second kappa shape index (κ2) is 9.74. The molecule has 1 atom stereocenters. The molecule has 0 bridgehead atoms. The standard InChI is InChI=1S/C24H22ClN3O5S/c1-32-18-10-13-20(22(14-18)33-2)23-21(16-6-4-3-5-7-16)15-28(26-23)24(29)27-34(30,31)19-11-8-17(25)9-12-19/h3-14,21H,15H2,1-2H3,(H,27,29). The van der Waals surface area contributed by atoms with Crippen molar-refractivity contribution in [3.8, 4) is 11.5 Å². The van der Waals surface area contributed by atoms with E-state index in [0.717, 1.165) is 10.6 Å². The number of hydrogen-bond donors (Lipinski definition) is 1. The molecular weight excluding hydrogens is 478 g/mol. The van der Waals surface area contributed by atoms with E-state index < -0.39 is 16.1 Å². The maximum absolute atomic E-state index is 13.0. The number of carbonyl (C=O) groups is 1. The molecule has 1 unspecified atom stereocenters. The van der Waals surface area contributed by atoms with Crippen LogP contribution in [0.1, 0.15) is 17.0 Å². The summed E-state index contributed by atoms with van der Waals surface area (Å²) in [5.41, 5.74) is 2.17. The monoisotopic (exact) mass is 499 g/mol. The molecule has 3 aromatic carbocycles. The molecule has 0 spiro atoms. The van der Waals surface area contributed by atoms with Gasteiger partial charge in [0.25, 0.3) is 10.0 Å². The summed E-state index contributed by atoms with van der Waals surface area (Å²) in [7, 11) is -1.02. The number of carbonyl (C=O) groups excluding carboxylic acids is 1. The maximum Gasteiger partial charge on any atom is 0.351 e. The Morgan fingerprint density at radius 3 is 2.38 bits per heavy atom. The van der Waals surface area contributed by atoms with Crippen LogP contribution in [0.15, 0.2) is 82.8 Å². The Hall–Kier alpha value is -3.56. The van der Waals surface area contributed by atoms with E-state index in [1.54, 1.807) is 25.3 Å². The first-order chi connectivity index (χ1) is 16.3. The van der Waals surface area contributed by atoms with Gasteiger partial charge in [0, 0.05) is 22.6 Å². The average molecular weight is 500 g/mol. The minimum atomic E-state index is -4.11. The van der Waals surface area contributed by atoms with Gasteiger partial charge in [-0.25, -0.2) is 22.9 Å². The predicted molar refractivity (Wildman–Crippen MR) is 129 cm³/mol. The Morgan fingerprint density at radius 2 is 1.74 bits per heavy atom. The molecule has 0 saturated heterocycles. The van der Waals surface area contributed by atoms with Crippen LogP contribution in [-0.2, 0) is 10.0 Å². The molecule has 0 fully saturated rings. The van der Waals surface area contributed by atoms with Gasteiger partial charge in [-0.15, -0.1) is 0 Å². The molecule has 0 aliphatic carbocycles. The Labute approximate surface area is 202 Å². The second-order valence-corrected chi connectivity index (χ2v) is 9.58. The number of halogens is 1. The lowest BCUT2D eigenvalue weighted by atomic mass is 9.90. The zero-order valence-corrected chi connectivity index (χ0v) is 20.0. The number of rotatable bonds is 6. The highest BCUT2D eigenvalue weighted by Gasteiger charge is 2.35. The third-order valence-corrected chi connectivity index (χ3v) is 6.97. The number of ether oxygens (including phenoxy) is 2. The van der Waals surface area contributed by atoms with Crippen LogP contribution in [0.5, 0.6) is 11.5 Å². The minimum Gasteiger partial charge on any atom is -0.497 e. The SMILES string of the molecule is COc1ccc(C2=NN(C(=O)NS(=O)(=O)c3ccc(Cl)cc3)CC2c2ccccc2)c(OC)c1. The highest BCUT2D eigenvalue weighted by Crippen LogP contribution is 2.34. The lowest BCUT2D eigenvalue weighted by Crippen LogP contribution is -2.39. The van der Waals surface area contributed by atoms with Crippen LogP contribution in [0.2, 0.25) is 5.02 Å². The average Bonchev–Trinajstić information content (AvgIpc) is 3.29. The number of hydrogen-bond acceptors (Lipinski definition) is 6. The van der Waals surface area contributed by atoms with Crippen molar-refractivity contribution >= 4 is 33.4 Å². The Kier molecular flexibility index (Phi) is 6.76. The molecule has 0 saturated carbocycles. The number of amides is 2. The van der Waals surface area contributed by atoms with Gasteiger partial charge in [-0.3, -0.25) is 0 Å². The van der Waals surface area contributed by atoms with Crippen molar-refractivity contribution in [2.24, 2.45) is 5.10 Å². The van der Waals surface area contributed by atoms with E-state index in [1.165, 1.54) is 31.4 Å². The molecule has 1 aliphatic rings. The van der Waals surface area contributed by atoms with E-state index in [0.29, 0.717) is 27.8 Å². The van der Waals surface area contributed by atoms with E-state index in [-0.39, 0.29) is 17.4 Å². The topological polar surface area (TPSA) is 97.3 Å². The lowest BCUT2D eigenvalue weighted by molar-refractivity contribution is 0.210. The summed E-state index contributed by atoms with van der Waals surface area (Å²) in [6.45, 7) is 0.149. The van der Waals surface area contributed by atoms with Crippen LogP contribution in [-0.4, -0.2) is 45.9 Å². The first-order valence-electron chi connectivity index (χ1n) is 10.3. The van der Waals surface area contributed by atoms with Crippen LogP contribution in [0.4, 0.5) is 4.79 Å². The molecule has 8 nitrogen and oxygen atoms in total. The maximum atomic E-state index is 13.0. The lowest BCUT2D eigenvalue weighted by Gasteiger charge is -2.17. The number of hydrazone groups is 1. The normalized spacial score (nSPS) is 15.6. The van der Waals surface area contributed by atoms with Gasteiger partial charge in [0.15, 0.2) is 0 Å². The van der Waals surface area contributed by atoms with E-state index >= 15 is 0 Å². The largest absolute Gasteiger partial charge is 0.497 e. The number of methoxy groups -OCH3 is 2. The zero-order valence-electron chi connectivity index (χ0n) is 18.4. The van der Waals surface area contributed by atoms with Crippen molar-refractivity contribution in [3.63, 3.8) is 0 Å². The first-order valence-corrected chi connectivity index (χ1v) is 12.1. The van der Waals surface area contributed by atoms with E-state index in [4.69, 9.17) is 21.1 Å². The van der Waals surface area contributed by atoms with Crippen molar-refractivity contribution in [1.82, 2.24) is 9.73 Å². The summed E-state index contributed by atoms with van der Waals surface area (Å²) in [5, 5.41) is 6.01. The van der Waals surface area contributed by atoms with Crippen molar-refractivity contribution in [3.05, 3.63) is 88.9 Å². The van der Waals surface area contributed by atoms with Crippen molar-refractivity contribution in [2.75, 3.05) is 20.8 Å². The van der Waals surface area contributed by atoms with Crippen LogP contribution in [0.3, 0.4) is 0 Å². The molecule has 1 aliphatic heterocycles. The molecule has 10 heteroatoms. The molecule has 1 heterocycles. The highest BCUT2D eigenvalue weighted by atomic mass is 35.5. The fraction of sp³-hybridized carbons (Fsp3) is 0.167. The van der Waals surface area contributed by atoms with Gasteiger partial charge in [0.2, 0.25) is 0 Å². The van der Waals surface area contributed by atoms with Gasteiger partial charge in [-0.2, -0.15) is 5.10 Å². The fourth-order valence-electron chi connectivity index (χ4n) is 3.67. The smallest absolute Gasteiger partial charge is 0.351 e. The number of sulfonamides is 1. The molecule has 2 amide bonds. The Balaban J connectivity index is 1.68. The summed E-state index contributed by atoms with van der Waals surface area (Å²) < 4.78 is 38.3. The molecule has 0 radical (unpaired) electrons. The fourth-order valence-corrected chi connectivity index (χ4v) is 4.74. The van der Waals surface area contributed by atoms with Gasteiger partial charge in [0.1, 0.15) is 11.5 Å². The van der Waals surface area contributed by atoms with Gasteiger partial charge in [-0.1, -0.05) is 41.9 Å². The van der Waals surface area contributed by atoms with E-state index in [9.17, 15) is 13.2 Å². The third-order valence-electron chi connectivity index (χ3n) is 5.38. The summed E-state index contributed by atoms with van der Waals surface area (Å²) in [6.07, 6.45) is 0. The molecule has 34 heavy (non-hydrogen) atoms. The van der Waals surface area contributed by atoms with Crippen molar-refractivity contribution < 1.29 is 22.7 Å². The van der Waals surface area contributed by atoms with Gasteiger partial charge >= 0.3 is 6.03 Å². The summed E-state index contributed by atoms with van der Waals surface area (Å²) in [6, 6.07) is 19.5. The summed E-state index contributed by atoms with van der Waals surface area (Å²) >= 11 is 5.84. The molecule has 4 rings (SSSR count). The number of benzene rings is 3. The quantitative estimate of drug-likeness (QED) is 0.546. The van der Waals surface area contributed by atoms with Crippen molar-refractivity contribution in [2.45, 2.75) is 10.8 Å². The molecule has 3 aromatic rings. The van der Waals surface area contributed by atoms with Crippen LogP contribution >= 0.6 is 11.6 Å². The second-order valence-electron chi connectivity index (χ2n) is 7.46. The third kappa shape index (κ3) is 4.85. The highest BCUT2D eigenvalue weighted by molar-refractivity contribution is 7.90. The minimum absolute atomic E-state index is 0.0786. The first kappa shape index (κ1) is 23.6. The molecule has 0 aromatic heterocycles. The Morgan fingerprint density at radius 1 is 1.03 bits per heavy atom. The van der Waals surface area contributed by atoms with Gasteiger partial charge in [0.05, 0.1) is 31.4 Å². The molecule has 176 valence electrons. The molecular formula is C24H22ClN3O5S. The molecule has 1 N–H and O–H groups in total. The zero-order chi connectivity index (χ0) is 24.3. The van der Waals surface area contributed by atoms with Crippen LogP contribution in [0.25, 0.3) is 0 Å². The van der Waals surface area contributed by atoms with E-state index in [2.05, 4.69) is 9.82 Å². The number of nitrogens with one attached hydrogen (secondary N) is 1. The van der Waals surface area contributed by atoms with Crippen LogP contribution in [0, 0.1) is 0 Å². The summed E-state index contributed by atoms with van der Waals surface area (Å²) in [4.78, 5) is 12.9. The number of urea groups is 1. The van der Waals surface area contributed by atoms with Gasteiger partial charge in [-0.05, 0) is 42.0 Å². The Bertz CT molecular complexity index is 1330.